The second-order valence-electron chi connectivity index (χ2n) is 5.22. The largest absolute Gasteiger partial charge is 0.464 e. The molecule has 0 saturated carbocycles. The van der Waals surface area contributed by atoms with E-state index in [0.29, 0.717) is 13.0 Å². The van der Waals surface area contributed by atoms with Gasteiger partial charge in [-0.25, -0.2) is 9.59 Å². The Labute approximate surface area is 136 Å². The molecular weight excluding hydrogens is 302 g/mol. The van der Waals surface area contributed by atoms with Crippen molar-refractivity contribution in [1.29, 1.82) is 0 Å². The molecule has 1 rings (SSSR count). The van der Waals surface area contributed by atoms with Crippen LogP contribution in [0.25, 0.3) is 0 Å². The van der Waals surface area contributed by atoms with E-state index < -0.39 is 36.6 Å². The summed E-state index contributed by atoms with van der Waals surface area (Å²) >= 11 is 0. The van der Waals surface area contributed by atoms with E-state index in [1.165, 1.54) is 11.0 Å². The fourth-order valence-electron chi connectivity index (χ4n) is 2.33. The molecule has 2 unspecified atom stereocenters. The molecule has 1 amide bonds. The summed E-state index contributed by atoms with van der Waals surface area (Å²) < 4.78 is 15.1. The van der Waals surface area contributed by atoms with Crippen molar-refractivity contribution in [2.24, 2.45) is 0 Å². The minimum atomic E-state index is -0.775. The molecule has 0 aromatic rings. The summed E-state index contributed by atoms with van der Waals surface area (Å²) in [5.41, 5.74) is 0. The predicted octanol–water partition coefficient (Wildman–Crippen LogP) is 1.06. The fourth-order valence-corrected chi connectivity index (χ4v) is 2.33. The van der Waals surface area contributed by atoms with Crippen LogP contribution in [0.5, 0.6) is 0 Å². The molecular formula is C16H25NO6. The Kier molecular flexibility index (Phi) is 8.32. The average Bonchev–Trinajstić information content (AvgIpc) is 2.57. The summed E-state index contributed by atoms with van der Waals surface area (Å²) in [5.74, 6) is -1.42. The molecule has 0 aromatic carbocycles. The minimum Gasteiger partial charge on any atom is -0.464 e. The first-order valence-corrected chi connectivity index (χ1v) is 7.86. The van der Waals surface area contributed by atoms with Gasteiger partial charge in [-0.1, -0.05) is 6.08 Å². The number of rotatable bonds is 8. The third kappa shape index (κ3) is 6.02. The predicted molar refractivity (Wildman–Crippen MR) is 82.6 cm³/mol. The molecule has 130 valence electrons. The van der Waals surface area contributed by atoms with Gasteiger partial charge < -0.3 is 19.1 Å². The molecule has 23 heavy (non-hydrogen) atoms. The Morgan fingerprint density at radius 3 is 2.70 bits per heavy atom. The van der Waals surface area contributed by atoms with Crippen molar-refractivity contribution in [3.8, 4) is 0 Å². The monoisotopic (exact) mass is 327 g/mol. The zero-order valence-corrected chi connectivity index (χ0v) is 13.8. The van der Waals surface area contributed by atoms with Crippen LogP contribution >= 0.6 is 0 Å². The maximum absolute atomic E-state index is 12.2. The number of carbonyl (C=O) groups excluding carboxylic acids is 3. The highest BCUT2D eigenvalue weighted by molar-refractivity contribution is 5.87. The van der Waals surface area contributed by atoms with Crippen LogP contribution in [0, 0.1) is 0 Å². The van der Waals surface area contributed by atoms with Gasteiger partial charge in [0.25, 0.3) is 5.91 Å². The molecule has 2 atom stereocenters. The molecule has 0 aliphatic carbocycles. The van der Waals surface area contributed by atoms with Crippen molar-refractivity contribution in [3.05, 3.63) is 12.7 Å². The lowest BCUT2D eigenvalue weighted by Crippen LogP contribution is -2.50. The Balaban J connectivity index is 2.52. The van der Waals surface area contributed by atoms with Crippen LogP contribution in [0.15, 0.2) is 12.7 Å². The van der Waals surface area contributed by atoms with Gasteiger partial charge in [-0.3, -0.25) is 4.79 Å². The lowest BCUT2D eigenvalue weighted by Gasteiger charge is -2.33. The van der Waals surface area contributed by atoms with Crippen LogP contribution < -0.4 is 0 Å². The summed E-state index contributed by atoms with van der Waals surface area (Å²) in [4.78, 5) is 37.3. The molecule has 7 heteroatoms. The highest BCUT2D eigenvalue weighted by Gasteiger charge is 2.33. The first-order chi connectivity index (χ1) is 11.0. The number of ether oxygens (including phenoxy) is 3. The van der Waals surface area contributed by atoms with Crippen LogP contribution in [0.1, 0.15) is 33.1 Å². The smallest absolute Gasteiger partial charge is 0.335 e. The second-order valence-corrected chi connectivity index (χ2v) is 5.22. The van der Waals surface area contributed by atoms with Gasteiger partial charge in [-0.05, 0) is 33.1 Å². The number of hydrogen-bond donors (Lipinski definition) is 0. The van der Waals surface area contributed by atoms with Gasteiger partial charge in [-0.15, -0.1) is 6.58 Å². The SMILES string of the molecule is C=CCOC(C)C(=O)OCC(=O)N1CCCCC1C(=O)OCC. The summed E-state index contributed by atoms with van der Waals surface area (Å²) in [6.45, 7) is 7.29. The van der Waals surface area contributed by atoms with Crippen LogP contribution in [-0.4, -0.2) is 61.3 Å². The molecule has 1 saturated heterocycles. The normalized spacial score (nSPS) is 18.9. The number of amides is 1. The quantitative estimate of drug-likeness (QED) is 0.490. The number of nitrogens with zero attached hydrogens (tertiary/aromatic N) is 1. The lowest BCUT2D eigenvalue weighted by atomic mass is 10.0. The zero-order chi connectivity index (χ0) is 17.2. The summed E-state index contributed by atoms with van der Waals surface area (Å²) in [6, 6.07) is -0.593. The van der Waals surface area contributed by atoms with Crippen molar-refractivity contribution < 1.29 is 28.6 Å². The molecule has 0 radical (unpaired) electrons. The minimum absolute atomic E-state index is 0.223. The van der Waals surface area contributed by atoms with Crippen LogP contribution in [0.3, 0.4) is 0 Å². The van der Waals surface area contributed by atoms with Crippen LogP contribution in [0.4, 0.5) is 0 Å². The fraction of sp³-hybridized carbons (Fsp3) is 0.688. The van der Waals surface area contributed by atoms with Gasteiger partial charge in [0, 0.05) is 6.54 Å². The Morgan fingerprint density at radius 1 is 1.30 bits per heavy atom. The third-order valence-electron chi connectivity index (χ3n) is 3.52. The van der Waals surface area contributed by atoms with Gasteiger partial charge in [-0.2, -0.15) is 0 Å². The molecule has 1 fully saturated rings. The van der Waals surface area contributed by atoms with E-state index in [1.807, 2.05) is 0 Å². The molecule has 1 aliphatic rings. The first-order valence-electron chi connectivity index (χ1n) is 7.86. The van der Waals surface area contributed by atoms with Crippen molar-refractivity contribution in [1.82, 2.24) is 4.90 Å². The van der Waals surface area contributed by atoms with E-state index in [0.717, 1.165) is 12.8 Å². The van der Waals surface area contributed by atoms with Gasteiger partial charge in [0.1, 0.15) is 6.04 Å². The Bertz CT molecular complexity index is 436. The van der Waals surface area contributed by atoms with E-state index in [9.17, 15) is 14.4 Å². The summed E-state index contributed by atoms with van der Waals surface area (Å²) in [7, 11) is 0. The van der Waals surface area contributed by atoms with Crippen molar-refractivity contribution >= 4 is 17.8 Å². The molecule has 1 heterocycles. The molecule has 0 bridgehead atoms. The number of likely N-dealkylation sites (tertiary alicyclic amines) is 1. The van der Waals surface area contributed by atoms with Crippen LogP contribution in [-0.2, 0) is 28.6 Å². The van der Waals surface area contributed by atoms with E-state index in [4.69, 9.17) is 14.2 Å². The van der Waals surface area contributed by atoms with Gasteiger partial charge in [0.05, 0.1) is 13.2 Å². The average molecular weight is 327 g/mol. The Hall–Kier alpha value is -1.89. The maximum Gasteiger partial charge on any atom is 0.335 e. The van der Waals surface area contributed by atoms with E-state index in [-0.39, 0.29) is 13.2 Å². The highest BCUT2D eigenvalue weighted by atomic mass is 16.6. The van der Waals surface area contributed by atoms with E-state index in [1.54, 1.807) is 13.8 Å². The second kappa shape index (κ2) is 9.99. The van der Waals surface area contributed by atoms with E-state index in [2.05, 4.69) is 6.58 Å². The number of hydrogen-bond acceptors (Lipinski definition) is 6. The highest BCUT2D eigenvalue weighted by Crippen LogP contribution is 2.18. The summed E-state index contributed by atoms with van der Waals surface area (Å²) in [6.07, 6.45) is 2.99. The standard InChI is InChI=1S/C16H25NO6/c1-4-10-22-12(3)15(19)23-11-14(18)17-9-7-6-8-13(17)16(20)21-5-2/h4,12-13H,1,5-11H2,2-3H3. The molecule has 0 aromatic heterocycles. The molecule has 0 N–H and O–H groups in total. The first kappa shape index (κ1) is 19.2. The topological polar surface area (TPSA) is 82.1 Å². The van der Waals surface area contributed by atoms with Crippen molar-refractivity contribution in [3.63, 3.8) is 0 Å². The Morgan fingerprint density at radius 2 is 2.04 bits per heavy atom. The maximum atomic E-state index is 12.2. The van der Waals surface area contributed by atoms with Crippen molar-refractivity contribution in [2.75, 3.05) is 26.4 Å². The number of carbonyl (C=O) groups is 3. The molecule has 7 nitrogen and oxygen atoms in total. The number of esters is 2. The number of piperidine rings is 1. The van der Waals surface area contributed by atoms with Crippen molar-refractivity contribution in [2.45, 2.75) is 45.3 Å². The lowest BCUT2D eigenvalue weighted by molar-refractivity contribution is -0.164. The van der Waals surface area contributed by atoms with Gasteiger partial charge >= 0.3 is 11.9 Å². The zero-order valence-electron chi connectivity index (χ0n) is 13.8. The molecule has 1 aliphatic heterocycles. The summed E-state index contributed by atoms with van der Waals surface area (Å²) in [5, 5.41) is 0. The molecule has 0 spiro atoms. The van der Waals surface area contributed by atoms with Gasteiger partial charge in [0.2, 0.25) is 0 Å². The van der Waals surface area contributed by atoms with E-state index >= 15 is 0 Å². The van der Waals surface area contributed by atoms with Crippen LogP contribution in [0.2, 0.25) is 0 Å². The van der Waals surface area contributed by atoms with Gasteiger partial charge in [0.15, 0.2) is 12.7 Å². The third-order valence-corrected chi connectivity index (χ3v) is 3.52.